The fourth-order valence-corrected chi connectivity index (χ4v) is 1.65. The molecule has 0 aliphatic carbocycles. The maximum absolute atomic E-state index is 11.1. The highest BCUT2D eigenvalue weighted by atomic mass is 16.5. The minimum absolute atomic E-state index is 0.00502. The summed E-state index contributed by atoms with van der Waals surface area (Å²) in [5.41, 5.74) is 11.6. The van der Waals surface area contributed by atoms with Crippen LogP contribution in [0.25, 0.3) is 0 Å². The van der Waals surface area contributed by atoms with E-state index in [1.807, 2.05) is 0 Å². The van der Waals surface area contributed by atoms with Crippen molar-refractivity contribution in [3.63, 3.8) is 0 Å². The highest BCUT2D eigenvalue weighted by Crippen LogP contribution is 2.27. The number of amides is 1. The fourth-order valence-electron chi connectivity index (χ4n) is 1.65. The molecule has 1 aliphatic heterocycles. The first kappa shape index (κ1) is 10.8. The quantitative estimate of drug-likeness (QED) is 0.730. The van der Waals surface area contributed by atoms with E-state index in [9.17, 15) is 4.79 Å². The van der Waals surface area contributed by atoms with Gasteiger partial charge in [-0.05, 0) is 12.1 Å². The van der Waals surface area contributed by atoms with Gasteiger partial charge in [0.05, 0.1) is 24.5 Å². The Morgan fingerprint density at radius 2 is 2.31 bits per heavy atom. The molecule has 1 atom stereocenters. The van der Waals surface area contributed by atoms with Crippen LogP contribution in [0.15, 0.2) is 18.2 Å². The number of rotatable bonds is 3. The molecule has 0 saturated carbocycles. The summed E-state index contributed by atoms with van der Waals surface area (Å²) < 4.78 is 10.8. The van der Waals surface area contributed by atoms with Gasteiger partial charge in [-0.1, -0.05) is 6.07 Å². The number of hydrogen-bond donors (Lipinski definition) is 2. The summed E-state index contributed by atoms with van der Waals surface area (Å²) in [7, 11) is 0. The molecule has 1 aromatic carbocycles. The monoisotopic (exact) mass is 222 g/mol. The molecule has 4 N–H and O–H groups in total. The Hall–Kier alpha value is -1.75. The molecule has 0 radical (unpaired) electrons. The molecule has 5 heteroatoms. The van der Waals surface area contributed by atoms with Gasteiger partial charge in [0.25, 0.3) is 5.91 Å². The number of ether oxygens (including phenoxy) is 2. The molecule has 0 bridgehead atoms. The second-order valence-corrected chi connectivity index (χ2v) is 3.69. The molecule has 0 spiro atoms. The molecule has 2 rings (SSSR count). The lowest BCUT2D eigenvalue weighted by molar-refractivity contribution is 0.1000. The van der Waals surface area contributed by atoms with E-state index in [4.69, 9.17) is 20.9 Å². The summed E-state index contributed by atoms with van der Waals surface area (Å²) in [6.45, 7) is 1.25. The van der Waals surface area contributed by atoms with Gasteiger partial charge < -0.3 is 20.9 Å². The predicted molar refractivity (Wildman–Crippen MR) is 59.2 cm³/mol. The first-order chi connectivity index (χ1) is 7.68. The van der Waals surface area contributed by atoms with Crippen LogP contribution >= 0.6 is 0 Å². The van der Waals surface area contributed by atoms with E-state index in [-0.39, 0.29) is 11.7 Å². The maximum Gasteiger partial charge on any atom is 0.250 e. The van der Waals surface area contributed by atoms with Gasteiger partial charge in [-0.2, -0.15) is 0 Å². The lowest BCUT2D eigenvalue weighted by Gasteiger charge is -2.14. The van der Waals surface area contributed by atoms with Crippen molar-refractivity contribution in [2.45, 2.75) is 12.5 Å². The molecule has 1 saturated heterocycles. The van der Waals surface area contributed by atoms with Gasteiger partial charge in [-0.15, -0.1) is 0 Å². The number of primary amides is 1. The summed E-state index contributed by atoms with van der Waals surface area (Å²) in [5, 5.41) is 0. The number of para-hydroxylation sites is 1. The topological polar surface area (TPSA) is 87.6 Å². The molecule has 86 valence electrons. The van der Waals surface area contributed by atoms with Crippen LogP contribution in [0, 0.1) is 0 Å². The largest absolute Gasteiger partial charge is 0.486 e. The standard InChI is InChI=1S/C11H14N2O3/c12-10-8(11(13)14)2-1-3-9(10)16-7-4-5-15-6-7/h1-3,7H,4-6,12H2,(H2,13,14). The molecule has 16 heavy (non-hydrogen) atoms. The van der Waals surface area contributed by atoms with Crippen LogP contribution in [0.2, 0.25) is 0 Å². The van der Waals surface area contributed by atoms with E-state index < -0.39 is 5.91 Å². The van der Waals surface area contributed by atoms with Gasteiger partial charge in [-0.3, -0.25) is 4.79 Å². The van der Waals surface area contributed by atoms with E-state index in [1.54, 1.807) is 18.2 Å². The number of benzene rings is 1. The Kier molecular flexibility index (Phi) is 2.96. The van der Waals surface area contributed by atoms with Crippen LogP contribution in [-0.4, -0.2) is 25.2 Å². The van der Waals surface area contributed by atoms with Crippen molar-refractivity contribution in [3.05, 3.63) is 23.8 Å². The third-order valence-electron chi connectivity index (χ3n) is 2.51. The highest BCUT2D eigenvalue weighted by Gasteiger charge is 2.19. The van der Waals surface area contributed by atoms with Crippen LogP contribution in [0.1, 0.15) is 16.8 Å². The van der Waals surface area contributed by atoms with Gasteiger partial charge in [0.2, 0.25) is 0 Å². The smallest absolute Gasteiger partial charge is 0.250 e. The minimum Gasteiger partial charge on any atom is -0.486 e. The molecular formula is C11H14N2O3. The zero-order chi connectivity index (χ0) is 11.5. The normalized spacial score (nSPS) is 19.6. The molecule has 0 aromatic heterocycles. The van der Waals surface area contributed by atoms with E-state index in [0.29, 0.717) is 24.7 Å². The van der Waals surface area contributed by atoms with Gasteiger partial charge in [0, 0.05) is 6.42 Å². The Bertz CT molecular complexity index is 400. The van der Waals surface area contributed by atoms with Crippen molar-refractivity contribution in [3.8, 4) is 5.75 Å². The predicted octanol–water partition coefficient (Wildman–Crippen LogP) is 0.535. The number of carbonyl (C=O) groups is 1. The summed E-state index contributed by atoms with van der Waals surface area (Å²) in [6.07, 6.45) is 0.839. The summed E-state index contributed by atoms with van der Waals surface area (Å²) in [6, 6.07) is 5.00. The van der Waals surface area contributed by atoms with Crippen LogP contribution in [-0.2, 0) is 4.74 Å². The van der Waals surface area contributed by atoms with E-state index in [2.05, 4.69) is 0 Å². The second kappa shape index (κ2) is 4.40. The molecule has 1 fully saturated rings. The first-order valence-electron chi connectivity index (χ1n) is 5.11. The summed E-state index contributed by atoms with van der Waals surface area (Å²) >= 11 is 0. The SMILES string of the molecule is NC(=O)c1cccc(OC2CCOC2)c1N. The van der Waals surface area contributed by atoms with Crippen molar-refractivity contribution in [2.24, 2.45) is 5.73 Å². The van der Waals surface area contributed by atoms with Gasteiger partial charge in [0.15, 0.2) is 0 Å². The van der Waals surface area contributed by atoms with Gasteiger partial charge in [-0.25, -0.2) is 0 Å². The molecular weight excluding hydrogens is 208 g/mol. The Labute approximate surface area is 93.3 Å². The molecule has 1 aromatic rings. The maximum atomic E-state index is 11.1. The zero-order valence-corrected chi connectivity index (χ0v) is 8.81. The van der Waals surface area contributed by atoms with Crippen molar-refractivity contribution >= 4 is 11.6 Å². The summed E-state index contributed by atoms with van der Waals surface area (Å²) in [4.78, 5) is 11.1. The Morgan fingerprint density at radius 3 is 2.94 bits per heavy atom. The lowest BCUT2D eigenvalue weighted by Crippen LogP contribution is -2.18. The third kappa shape index (κ3) is 2.09. The number of hydrogen-bond acceptors (Lipinski definition) is 4. The van der Waals surface area contributed by atoms with Crippen molar-refractivity contribution < 1.29 is 14.3 Å². The number of carbonyl (C=O) groups excluding carboxylic acids is 1. The molecule has 1 aliphatic rings. The van der Waals surface area contributed by atoms with E-state index in [1.165, 1.54) is 0 Å². The molecule has 1 unspecified atom stereocenters. The number of nitrogens with two attached hydrogens (primary N) is 2. The van der Waals surface area contributed by atoms with Crippen LogP contribution in [0.5, 0.6) is 5.75 Å². The minimum atomic E-state index is -0.550. The van der Waals surface area contributed by atoms with Crippen LogP contribution in [0.4, 0.5) is 5.69 Å². The van der Waals surface area contributed by atoms with Gasteiger partial charge in [0.1, 0.15) is 11.9 Å². The molecule has 1 heterocycles. The van der Waals surface area contributed by atoms with E-state index >= 15 is 0 Å². The van der Waals surface area contributed by atoms with E-state index in [0.717, 1.165) is 6.42 Å². The second-order valence-electron chi connectivity index (χ2n) is 3.69. The highest BCUT2D eigenvalue weighted by molar-refractivity contribution is 5.99. The third-order valence-corrected chi connectivity index (χ3v) is 2.51. The Morgan fingerprint density at radius 1 is 1.50 bits per heavy atom. The van der Waals surface area contributed by atoms with Crippen molar-refractivity contribution in [1.29, 1.82) is 0 Å². The Balaban J connectivity index is 2.20. The zero-order valence-electron chi connectivity index (χ0n) is 8.81. The lowest BCUT2D eigenvalue weighted by atomic mass is 10.1. The fraction of sp³-hybridized carbons (Fsp3) is 0.364. The van der Waals surface area contributed by atoms with Gasteiger partial charge >= 0.3 is 0 Å². The molecule has 5 nitrogen and oxygen atoms in total. The van der Waals surface area contributed by atoms with Crippen molar-refractivity contribution in [2.75, 3.05) is 18.9 Å². The van der Waals surface area contributed by atoms with Crippen LogP contribution < -0.4 is 16.2 Å². The number of nitrogen functional groups attached to an aromatic ring is 1. The average Bonchev–Trinajstić information content (AvgIpc) is 2.73. The van der Waals surface area contributed by atoms with Crippen LogP contribution in [0.3, 0.4) is 0 Å². The molecule has 1 amide bonds. The number of anilines is 1. The first-order valence-corrected chi connectivity index (χ1v) is 5.11. The van der Waals surface area contributed by atoms with Crippen molar-refractivity contribution in [1.82, 2.24) is 0 Å². The average molecular weight is 222 g/mol. The summed E-state index contributed by atoms with van der Waals surface area (Å²) in [5.74, 6) is -0.0579.